The number of fused-ring (bicyclic) bond motifs is 1. The molecular formula is C22H23N3O5. The number of carbonyl (C=O) groups is 4. The van der Waals surface area contributed by atoms with Crippen molar-refractivity contribution >= 4 is 34.6 Å². The number of likely N-dealkylation sites (tertiary alicyclic amines) is 1. The molecule has 156 valence electrons. The molecule has 2 heterocycles. The third-order valence-electron chi connectivity index (χ3n) is 5.56. The van der Waals surface area contributed by atoms with E-state index in [0.717, 1.165) is 15.7 Å². The third-order valence-corrected chi connectivity index (χ3v) is 5.56. The van der Waals surface area contributed by atoms with Crippen molar-refractivity contribution in [1.29, 1.82) is 0 Å². The lowest BCUT2D eigenvalue weighted by atomic mass is 9.96. The minimum absolute atomic E-state index is 0.117. The second kappa shape index (κ2) is 8.52. The number of rotatable bonds is 4. The van der Waals surface area contributed by atoms with Crippen LogP contribution in [0.2, 0.25) is 0 Å². The van der Waals surface area contributed by atoms with E-state index in [9.17, 15) is 19.2 Å². The molecule has 2 aromatic carbocycles. The number of hydrogen-bond donors (Lipinski definition) is 1. The molecule has 8 heteroatoms. The number of nitrogens with zero attached hydrogens (tertiary/aromatic N) is 2. The van der Waals surface area contributed by atoms with Gasteiger partial charge in [0.2, 0.25) is 0 Å². The third kappa shape index (κ3) is 3.98. The first-order valence-electron chi connectivity index (χ1n) is 10.1. The molecule has 0 aromatic heterocycles. The standard InChI is InChI=1S/C22H23N3O5/c26-19(25-12-10-23-22(25)29)14-30-21(28)16-7-4-11-24(13-16)20(27)18-9-3-6-15-5-1-2-8-17(15)18/h1-3,5-6,8-9,16H,4,7,10-14H2,(H,23,29)/t16-/m0/s1. The van der Waals surface area contributed by atoms with Crippen molar-refractivity contribution in [3.63, 3.8) is 0 Å². The van der Waals surface area contributed by atoms with Gasteiger partial charge in [0.1, 0.15) is 0 Å². The summed E-state index contributed by atoms with van der Waals surface area (Å²) in [6.07, 6.45) is 1.27. The second-order valence-corrected chi connectivity index (χ2v) is 7.50. The Morgan fingerprint density at radius 2 is 1.87 bits per heavy atom. The topological polar surface area (TPSA) is 96.0 Å². The van der Waals surface area contributed by atoms with E-state index in [0.29, 0.717) is 31.5 Å². The Labute approximate surface area is 173 Å². The number of ether oxygens (including phenoxy) is 1. The number of esters is 1. The van der Waals surface area contributed by atoms with Crippen molar-refractivity contribution in [3.05, 3.63) is 48.0 Å². The van der Waals surface area contributed by atoms with Crippen LogP contribution in [0.3, 0.4) is 0 Å². The normalized spacial score (nSPS) is 18.9. The van der Waals surface area contributed by atoms with Crippen LogP contribution in [0, 0.1) is 5.92 Å². The summed E-state index contributed by atoms with van der Waals surface area (Å²) in [5.74, 6) is -1.66. The van der Waals surface area contributed by atoms with E-state index < -0.39 is 30.4 Å². The molecule has 0 unspecified atom stereocenters. The number of benzene rings is 2. The zero-order valence-electron chi connectivity index (χ0n) is 16.5. The van der Waals surface area contributed by atoms with Crippen molar-refractivity contribution < 1.29 is 23.9 Å². The summed E-state index contributed by atoms with van der Waals surface area (Å²) in [6.45, 7) is 1.01. The minimum Gasteiger partial charge on any atom is -0.455 e. The van der Waals surface area contributed by atoms with Gasteiger partial charge in [0, 0.05) is 31.7 Å². The summed E-state index contributed by atoms with van der Waals surface area (Å²) in [4.78, 5) is 51.9. The number of urea groups is 1. The van der Waals surface area contributed by atoms with Crippen molar-refractivity contribution in [2.45, 2.75) is 12.8 Å². The average Bonchev–Trinajstić information content (AvgIpc) is 3.22. The molecule has 0 bridgehead atoms. The number of carbonyl (C=O) groups excluding carboxylic acids is 4. The summed E-state index contributed by atoms with van der Waals surface area (Å²) < 4.78 is 5.16. The molecule has 1 N–H and O–H groups in total. The first kappa shape index (κ1) is 19.9. The Morgan fingerprint density at radius 3 is 2.67 bits per heavy atom. The summed E-state index contributed by atoms with van der Waals surface area (Å²) in [7, 11) is 0. The van der Waals surface area contributed by atoms with E-state index in [2.05, 4.69) is 5.32 Å². The maximum atomic E-state index is 13.1. The molecular weight excluding hydrogens is 386 g/mol. The molecule has 0 radical (unpaired) electrons. The van der Waals surface area contributed by atoms with Crippen LogP contribution >= 0.6 is 0 Å². The lowest BCUT2D eigenvalue weighted by Crippen LogP contribution is -2.43. The van der Waals surface area contributed by atoms with Crippen molar-refractivity contribution in [1.82, 2.24) is 15.1 Å². The predicted molar refractivity (Wildman–Crippen MR) is 109 cm³/mol. The first-order chi connectivity index (χ1) is 14.5. The van der Waals surface area contributed by atoms with Gasteiger partial charge in [-0.15, -0.1) is 0 Å². The molecule has 8 nitrogen and oxygen atoms in total. The maximum Gasteiger partial charge on any atom is 0.324 e. The summed E-state index contributed by atoms with van der Waals surface area (Å²) in [6, 6.07) is 12.8. The van der Waals surface area contributed by atoms with Crippen LogP contribution in [0.5, 0.6) is 0 Å². The van der Waals surface area contributed by atoms with Gasteiger partial charge in [-0.25, -0.2) is 4.79 Å². The van der Waals surface area contributed by atoms with Gasteiger partial charge >= 0.3 is 12.0 Å². The molecule has 4 rings (SSSR count). The number of amides is 4. The molecule has 0 spiro atoms. The van der Waals surface area contributed by atoms with Gasteiger partial charge in [-0.3, -0.25) is 19.3 Å². The first-order valence-corrected chi connectivity index (χ1v) is 10.1. The van der Waals surface area contributed by atoms with E-state index in [4.69, 9.17) is 4.74 Å². The van der Waals surface area contributed by atoms with Crippen LogP contribution in [0.15, 0.2) is 42.5 Å². The Morgan fingerprint density at radius 1 is 1.07 bits per heavy atom. The Kier molecular flexibility index (Phi) is 5.65. The highest BCUT2D eigenvalue weighted by atomic mass is 16.5. The Hall–Kier alpha value is -3.42. The fourth-order valence-corrected chi connectivity index (χ4v) is 3.97. The molecule has 30 heavy (non-hydrogen) atoms. The van der Waals surface area contributed by atoms with E-state index in [1.807, 2.05) is 36.4 Å². The van der Waals surface area contributed by atoms with E-state index in [1.165, 1.54) is 0 Å². The largest absolute Gasteiger partial charge is 0.455 e. The number of piperidine rings is 1. The van der Waals surface area contributed by atoms with Crippen LogP contribution in [0.25, 0.3) is 10.8 Å². The average molecular weight is 409 g/mol. The maximum absolute atomic E-state index is 13.1. The molecule has 2 aromatic rings. The molecule has 2 aliphatic rings. The molecule has 2 fully saturated rings. The van der Waals surface area contributed by atoms with Gasteiger partial charge in [-0.1, -0.05) is 36.4 Å². The molecule has 2 saturated heterocycles. The lowest BCUT2D eigenvalue weighted by molar-refractivity contribution is -0.155. The molecule has 0 aliphatic carbocycles. The second-order valence-electron chi connectivity index (χ2n) is 7.50. The van der Waals surface area contributed by atoms with Crippen molar-refractivity contribution in [2.75, 3.05) is 32.8 Å². The molecule has 1 atom stereocenters. The molecule has 4 amide bonds. The van der Waals surface area contributed by atoms with Crippen LogP contribution in [0.4, 0.5) is 4.79 Å². The van der Waals surface area contributed by atoms with Gasteiger partial charge in [-0.05, 0) is 29.7 Å². The van der Waals surface area contributed by atoms with Gasteiger partial charge in [0.25, 0.3) is 11.8 Å². The van der Waals surface area contributed by atoms with Gasteiger partial charge in [0.05, 0.1) is 5.92 Å². The van der Waals surface area contributed by atoms with Crippen LogP contribution < -0.4 is 5.32 Å². The zero-order valence-corrected chi connectivity index (χ0v) is 16.5. The highest BCUT2D eigenvalue weighted by molar-refractivity contribution is 6.07. The lowest BCUT2D eigenvalue weighted by Gasteiger charge is -2.32. The highest BCUT2D eigenvalue weighted by Crippen LogP contribution is 2.24. The predicted octanol–water partition coefficient (Wildman–Crippen LogP) is 1.79. The number of nitrogens with one attached hydrogen (secondary N) is 1. The number of imide groups is 1. The van der Waals surface area contributed by atoms with E-state index in [1.54, 1.807) is 11.0 Å². The van der Waals surface area contributed by atoms with Crippen LogP contribution in [0.1, 0.15) is 23.2 Å². The van der Waals surface area contributed by atoms with Gasteiger partial charge in [-0.2, -0.15) is 0 Å². The SMILES string of the molecule is O=C(OCC(=O)N1CCNC1=O)[C@H]1CCCN(C(=O)c2cccc3ccccc23)C1. The quantitative estimate of drug-likeness (QED) is 0.777. The zero-order chi connectivity index (χ0) is 21.1. The fourth-order valence-electron chi connectivity index (χ4n) is 3.97. The van der Waals surface area contributed by atoms with E-state index in [-0.39, 0.29) is 19.0 Å². The van der Waals surface area contributed by atoms with Crippen molar-refractivity contribution in [3.8, 4) is 0 Å². The monoisotopic (exact) mass is 409 g/mol. The van der Waals surface area contributed by atoms with E-state index >= 15 is 0 Å². The highest BCUT2D eigenvalue weighted by Gasteiger charge is 2.32. The van der Waals surface area contributed by atoms with Crippen LogP contribution in [-0.4, -0.2) is 66.4 Å². The Bertz CT molecular complexity index is 1000. The van der Waals surface area contributed by atoms with Gasteiger partial charge in [0.15, 0.2) is 6.61 Å². The summed E-state index contributed by atoms with van der Waals surface area (Å²) in [5.41, 5.74) is 0.609. The van der Waals surface area contributed by atoms with Crippen molar-refractivity contribution in [2.24, 2.45) is 5.92 Å². The smallest absolute Gasteiger partial charge is 0.324 e. The summed E-state index contributed by atoms with van der Waals surface area (Å²) >= 11 is 0. The van der Waals surface area contributed by atoms with Gasteiger partial charge < -0.3 is 15.0 Å². The Balaban J connectivity index is 1.39. The molecule has 0 saturated carbocycles. The minimum atomic E-state index is -0.544. The fraction of sp³-hybridized carbons (Fsp3) is 0.364. The summed E-state index contributed by atoms with van der Waals surface area (Å²) in [5, 5.41) is 4.40. The van der Waals surface area contributed by atoms with Crippen LogP contribution in [-0.2, 0) is 14.3 Å². The number of hydrogen-bond acceptors (Lipinski definition) is 5. The molecule has 2 aliphatic heterocycles.